The van der Waals surface area contributed by atoms with Crippen molar-refractivity contribution in [3.8, 4) is 11.3 Å². The van der Waals surface area contributed by atoms with E-state index in [4.69, 9.17) is 4.42 Å². The van der Waals surface area contributed by atoms with Crippen molar-refractivity contribution in [3.63, 3.8) is 0 Å². The number of oxazole rings is 1. The van der Waals surface area contributed by atoms with E-state index in [9.17, 15) is 9.59 Å². The van der Waals surface area contributed by atoms with E-state index in [-0.39, 0.29) is 18.0 Å². The fourth-order valence-corrected chi connectivity index (χ4v) is 3.46. The number of carbonyl (C=O) groups excluding carboxylic acids is 2. The molecule has 3 amide bonds. The van der Waals surface area contributed by atoms with Gasteiger partial charge in [-0.25, -0.2) is 9.78 Å². The average Bonchev–Trinajstić information content (AvgIpc) is 3.20. The number of nitrogens with one attached hydrogen (secondary N) is 1. The second-order valence-corrected chi connectivity index (χ2v) is 6.63. The van der Waals surface area contributed by atoms with Crippen LogP contribution in [-0.4, -0.2) is 77.4 Å². The van der Waals surface area contributed by atoms with Crippen molar-refractivity contribution in [3.05, 3.63) is 36.9 Å². The minimum absolute atomic E-state index is 0.0843. The Morgan fingerprint density at radius 2 is 2.12 bits per heavy atom. The van der Waals surface area contributed by atoms with Crippen LogP contribution >= 0.6 is 0 Å². The van der Waals surface area contributed by atoms with Crippen LogP contribution in [-0.2, 0) is 4.79 Å². The van der Waals surface area contributed by atoms with Gasteiger partial charge in [0.15, 0.2) is 12.2 Å². The first-order valence-electron chi connectivity index (χ1n) is 8.66. The Labute approximate surface area is 151 Å². The molecule has 0 spiro atoms. The maximum atomic E-state index is 12.7. The summed E-state index contributed by atoms with van der Waals surface area (Å²) in [5.74, 6) is 0.728. The summed E-state index contributed by atoms with van der Waals surface area (Å²) in [6.45, 7) is 3.35. The Balaban J connectivity index is 1.44. The van der Waals surface area contributed by atoms with E-state index < -0.39 is 0 Å². The molecule has 0 saturated carbocycles. The van der Waals surface area contributed by atoms with Crippen molar-refractivity contribution in [1.29, 1.82) is 0 Å². The molecule has 2 aromatic rings. The van der Waals surface area contributed by atoms with Gasteiger partial charge in [-0.15, -0.1) is 0 Å². The largest absolute Gasteiger partial charge is 0.444 e. The van der Waals surface area contributed by atoms with Crippen molar-refractivity contribution < 1.29 is 14.0 Å². The van der Waals surface area contributed by atoms with Gasteiger partial charge in [0.1, 0.15) is 6.04 Å². The van der Waals surface area contributed by atoms with Crippen LogP contribution < -0.4 is 5.32 Å². The van der Waals surface area contributed by atoms with Crippen molar-refractivity contribution in [2.24, 2.45) is 0 Å². The molecule has 1 aromatic heterocycles. The molecular formula is C18H21N5O3. The zero-order chi connectivity index (χ0) is 18.1. The van der Waals surface area contributed by atoms with E-state index in [2.05, 4.69) is 15.2 Å². The lowest BCUT2D eigenvalue weighted by Gasteiger charge is -2.45. The molecule has 8 nitrogen and oxygen atoms in total. The molecule has 0 bridgehead atoms. The number of aromatic nitrogens is 1. The Morgan fingerprint density at radius 1 is 1.27 bits per heavy atom. The lowest BCUT2D eigenvalue weighted by atomic mass is 10.1. The number of piperazine rings is 2. The molecule has 1 aromatic carbocycles. The number of benzene rings is 1. The normalized spacial score (nSPS) is 20.8. The molecule has 2 aliphatic heterocycles. The van der Waals surface area contributed by atoms with E-state index in [1.807, 2.05) is 31.3 Å². The number of anilines is 1. The zero-order valence-electron chi connectivity index (χ0n) is 14.6. The topological polar surface area (TPSA) is 81.9 Å². The molecule has 1 N–H and O–H groups in total. The number of carbonyl (C=O) groups is 2. The van der Waals surface area contributed by atoms with Crippen LogP contribution in [0.3, 0.4) is 0 Å². The second kappa shape index (κ2) is 6.80. The minimum atomic E-state index is -0.242. The number of hydrogen-bond donors (Lipinski definition) is 1. The average molecular weight is 355 g/mol. The fraction of sp³-hybridized carbons (Fsp3) is 0.389. The number of amides is 3. The molecule has 26 heavy (non-hydrogen) atoms. The summed E-state index contributed by atoms with van der Waals surface area (Å²) in [6, 6.07) is 6.98. The molecule has 136 valence electrons. The Hall–Kier alpha value is -2.87. The van der Waals surface area contributed by atoms with Crippen LogP contribution in [0, 0.1) is 0 Å². The molecule has 2 aliphatic rings. The van der Waals surface area contributed by atoms with E-state index >= 15 is 0 Å². The smallest absolute Gasteiger partial charge is 0.321 e. The fourth-order valence-electron chi connectivity index (χ4n) is 3.46. The predicted octanol–water partition coefficient (Wildman–Crippen LogP) is 1.33. The number of urea groups is 1. The van der Waals surface area contributed by atoms with Crippen molar-refractivity contribution in [2.75, 3.05) is 45.1 Å². The molecule has 2 saturated heterocycles. The molecule has 0 radical (unpaired) electrons. The monoisotopic (exact) mass is 355 g/mol. The first kappa shape index (κ1) is 16.6. The van der Waals surface area contributed by atoms with Gasteiger partial charge in [-0.1, -0.05) is 12.1 Å². The molecule has 2 fully saturated rings. The van der Waals surface area contributed by atoms with Gasteiger partial charge in [0.05, 0.1) is 6.20 Å². The van der Waals surface area contributed by atoms with Gasteiger partial charge in [0, 0.05) is 51.0 Å². The highest BCUT2D eigenvalue weighted by atomic mass is 16.3. The molecule has 1 atom stereocenters. The third-order valence-electron chi connectivity index (χ3n) is 4.99. The molecule has 4 rings (SSSR count). The Morgan fingerprint density at radius 3 is 2.92 bits per heavy atom. The van der Waals surface area contributed by atoms with Gasteiger partial charge in [-0.3, -0.25) is 9.69 Å². The maximum Gasteiger partial charge on any atom is 0.321 e. The first-order chi connectivity index (χ1) is 12.6. The lowest BCUT2D eigenvalue weighted by molar-refractivity contribution is -0.142. The molecular weight excluding hydrogens is 334 g/mol. The third-order valence-corrected chi connectivity index (χ3v) is 4.99. The number of nitrogens with zero attached hydrogens (tertiary/aromatic N) is 4. The van der Waals surface area contributed by atoms with Crippen LogP contribution in [0.1, 0.15) is 0 Å². The Bertz CT molecular complexity index is 807. The summed E-state index contributed by atoms with van der Waals surface area (Å²) >= 11 is 0. The highest BCUT2D eigenvalue weighted by Gasteiger charge is 2.38. The number of fused-ring (bicyclic) bond motifs is 1. The van der Waals surface area contributed by atoms with Gasteiger partial charge in [0.25, 0.3) is 0 Å². The van der Waals surface area contributed by atoms with Gasteiger partial charge in [0.2, 0.25) is 5.91 Å². The number of hydrogen-bond acceptors (Lipinski definition) is 5. The number of likely N-dealkylation sites (N-methyl/N-ethyl adjacent to an activating group) is 1. The first-order valence-corrected chi connectivity index (χ1v) is 8.66. The van der Waals surface area contributed by atoms with Crippen molar-refractivity contribution >= 4 is 17.6 Å². The highest BCUT2D eigenvalue weighted by Crippen LogP contribution is 2.23. The quantitative estimate of drug-likeness (QED) is 0.879. The molecule has 0 aliphatic carbocycles. The van der Waals surface area contributed by atoms with Crippen LogP contribution in [0.2, 0.25) is 0 Å². The molecule has 8 heteroatoms. The standard InChI is InChI=1S/C18H21N5O3/c1-21-5-6-22-7-8-23(11-15(22)17(21)24)18(25)20-14-4-2-3-13(9-14)16-10-19-12-26-16/h2-4,9-10,12,15H,5-8,11H2,1H3,(H,20,25). The zero-order valence-corrected chi connectivity index (χ0v) is 14.6. The SMILES string of the molecule is CN1CCN2CCN(C(=O)Nc3cccc(-c4cnco4)c3)CC2C1=O. The summed E-state index contributed by atoms with van der Waals surface area (Å²) in [5.41, 5.74) is 1.52. The summed E-state index contributed by atoms with van der Waals surface area (Å²) in [4.78, 5) is 34.6. The summed E-state index contributed by atoms with van der Waals surface area (Å²) in [7, 11) is 1.81. The second-order valence-electron chi connectivity index (χ2n) is 6.63. The van der Waals surface area contributed by atoms with Crippen LogP contribution in [0.25, 0.3) is 11.3 Å². The van der Waals surface area contributed by atoms with Gasteiger partial charge in [-0.05, 0) is 12.1 Å². The van der Waals surface area contributed by atoms with E-state index in [0.29, 0.717) is 24.5 Å². The summed E-state index contributed by atoms with van der Waals surface area (Å²) in [6.07, 6.45) is 3.00. The summed E-state index contributed by atoms with van der Waals surface area (Å²) in [5, 5.41) is 2.92. The van der Waals surface area contributed by atoms with Crippen molar-refractivity contribution in [1.82, 2.24) is 19.7 Å². The predicted molar refractivity (Wildman–Crippen MR) is 95.5 cm³/mol. The van der Waals surface area contributed by atoms with Gasteiger partial charge >= 0.3 is 6.03 Å². The van der Waals surface area contributed by atoms with Crippen molar-refractivity contribution in [2.45, 2.75) is 6.04 Å². The van der Waals surface area contributed by atoms with E-state index in [1.165, 1.54) is 6.39 Å². The highest BCUT2D eigenvalue weighted by molar-refractivity contribution is 5.91. The van der Waals surface area contributed by atoms with Crippen LogP contribution in [0.5, 0.6) is 0 Å². The van der Waals surface area contributed by atoms with Crippen LogP contribution in [0.4, 0.5) is 10.5 Å². The number of rotatable bonds is 2. The van der Waals surface area contributed by atoms with E-state index in [0.717, 1.165) is 25.2 Å². The third kappa shape index (κ3) is 3.15. The molecule has 1 unspecified atom stereocenters. The van der Waals surface area contributed by atoms with Crippen LogP contribution in [0.15, 0.2) is 41.3 Å². The minimum Gasteiger partial charge on any atom is -0.444 e. The maximum absolute atomic E-state index is 12.7. The van der Waals surface area contributed by atoms with Gasteiger partial charge in [-0.2, -0.15) is 0 Å². The Kier molecular flexibility index (Phi) is 4.34. The van der Waals surface area contributed by atoms with E-state index in [1.54, 1.807) is 16.0 Å². The van der Waals surface area contributed by atoms with Gasteiger partial charge < -0.3 is 19.5 Å². The summed E-state index contributed by atoms with van der Waals surface area (Å²) < 4.78 is 5.30. The molecule has 3 heterocycles. The lowest BCUT2D eigenvalue weighted by Crippen LogP contribution is -2.65.